The first-order valence-electron chi connectivity index (χ1n) is 5.56. The Hall–Kier alpha value is -0.860. The summed E-state index contributed by atoms with van der Waals surface area (Å²) in [6.07, 6.45) is 0.614. The van der Waals surface area contributed by atoms with Crippen molar-refractivity contribution in [3.63, 3.8) is 0 Å². The number of halogens is 2. The molecule has 0 aliphatic carbocycles. The molecule has 0 aromatic heterocycles. The van der Waals surface area contributed by atoms with Gasteiger partial charge >= 0.3 is 0 Å². The third-order valence-corrected chi connectivity index (χ3v) is 4.04. The van der Waals surface area contributed by atoms with Gasteiger partial charge in [-0.15, -0.1) is 0 Å². The fourth-order valence-electron chi connectivity index (χ4n) is 1.45. The second-order valence-corrected chi connectivity index (χ2v) is 6.26. The quantitative estimate of drug-likeness (QED) is 0.764. The molecule has 0 saturated heterocycles. The van der Waals surface area contributed by atoms with E-state index in [9.17, 15) is 13.2 Å². The van der Waals surface area contributed by atoms with Crippen LogP contribution in [0.15, 0.2) is 17.0 Å². The van der Waals surface area contributed by atoms with Crippen LogP contribution in [0.25, 0.3) is 0 Å². The molecule has 112 valence electrons. The molecule has 0 aliphatic rings. The Morgan fingerprint density at radius 1 is 1.40 bits per heavy atom. The summed E-state index contributed by atoms with van der Waals surface area (Å²) in [5.41, 5.74) is -0.0411. The van der Waals surface area contributed by atoms with Crippen LogP contribution in [0, 0.1) is 0 Å². The van der Waals surface area contributed by atoms with Crippen LogP contribution in [0.4, 0.5) is 0 Å². The molecule has 0 unspecified atom stereocenters. The number of benzene rings is 1. The highest BCUT2D eigenvalue weighted by molar-refractivity contribution is 7.89. The first-order valence-corrected chi connectivity index (χ1v) is 7.86. The molecule has 6 nitrogen and oxygen atoms in total. The van der Waals surface area contributed by atoms with E-state index in [-0.39, 0.29) is 20.5 Å². The second kappa shape index (κ2) is 7.24. The number of ether oxygens (including phenoxy) is 1. The molecule has 1 aromatic rings. The lowest BCUT2D eigenvalue weighted by atomic mass is 10.2. The molecule has 0 radical (unpaired) electrons. The Labute approximate surface area is 127 Å². The van der Waals surface area contributed by atoms with Gasteiger partial charge in [0, 0.05) is 25.3 Å². The van der Waals surface area contributed by atoms with E-state index < -0.39 is 15.9 Å². The van der Waals surface area contributed by atoms with Crippen LogP contribution in [0.3, 0.4) is 0 Å². The maximum atomic E-state index is 11.9. The molecule has 0 bridgehead atoms. The van der Waals surface area contributed by atoms with Crippen LogP contribution >= 0.6 is 23.2 Å². The zero-order valence-electron chi connectivity index (χ0n) is 10.7. The van der Waals surface area contributed by atoms with Gasteiger partial charge in [0.1, 0.15) is 4.90 Å². The third-order valence-electron chi connectivity index (χ3n) is 2.37. The zero-order valence-corrected chi connectivity index (χ0v) is 13.0. The van der Waals surface area contributed by atoms with Crippen molar-refractivity contribution < 1.29 is 17.9 Å². The molecule has 9 heteroatoms. The minimum atomic E-state index is -4.06. The Bertz CT molecular complexity index is 605. The summed E-state index contributed by atoms with van der Waals surface area (Å²) < 4.78 is 27.6. The van der Waals surface area contributed by atoms with Crippen LogP contribution in [-0.2, 0) is 14.8 Å². The lowest BCUT2D eigenvalue weighted by molar-refractivity contribution is 0.0948. The SMILES string of the molecule is COCCCNC(=O)c1cc(Cl)cc(S(N)(=O)=O)c1Cl. The maximum absolute atomic E-state index is 11.9. The van der Waals surface area contributed by atoms with Crippen molar-refractivity contribution in [2.45, 2.75) is 11.3 Å². The van der Waals surface area contributed by atoms with Gasteiger partial charge in [0.15, 0.2) is 0 Å². The van der Waals surface area contributed by atoms with Crippen molar-refractivity contribution >= 4 is 39.1 Å². The number of nitrogens with two attached hydrogens (primary N) is 1. The van der Waals surface area contributed by atoms with Crippen LogP contribution in [0.5, 0.6) is 0 Å². The number of primary sulfonamides is 1. The van der Waals surface area contributed by atoms with Gasteiger partial charge in [0.05, 0.1) is 10.6 Å². The van der Waals surface area contributed by atoms with E-state index in [1.54, 1.807) is 7.11 Å². The minimum Gasteiger partial charge on any atom is -0.385 e. The van der Waals surface area contributed by atoms with Crippen molar-refractivity contribution in [1.29, 1.82) is 0 Å². The number of nitrogens with one attached hydrogen (secondary N) is 1. The van der Waals surface area contributed by atoms with E-state index in [1.165, 1.54) is 6.07 Å². The van der Waals surface area contributed by atoms with Crippen molar-refractivity contribution in [2.24, 2.45) is 5.14 Å². The topological polar surface area (TPSA) is 98.5 Å². The highest BCUT2D eigenvalue weighted by Gasteiger charge is 2.21. The lowest BCUT2D eigenvalue weighted by Gasteiger charge is -2.10. The normalized spacial score (nSPS) is 11.4. The van der Waals surface area contributed by atoms with E-state index in [0.29, 0.717) is 19.6 Å². The molecule has 0 heterocycles. The van der Waals surface area contributed by atoms with Gasteiger partial charge in [-0.25, -0.2) is 13.6 Å². The van der Waals surface area contributed by atoms with Crippen molar-refractivity contribution in [3.8, 4) is 0 Å². The number of amides is 1. The average molecular weight is 341 g/mol. The predicted octanol–water partition coefficient (Wildman–Crippen LogP) is 1.41. The molecule has 0 spiro atoms. The summed E-state index contributed by atoms with van der Waals surface area (Å²) in [4.78, 5) is 11.5. The number of sulfonamides is 1. The van der Waals surface area contributed by atoms with Crippen LogP contribution in [-0.4, -0.2) is 34.6 Å². The Morgan fingerprint density at radius 2 is 2.05 bits per heavy atom. The average Bonchev–Trinajstić information content (AvgIpc) is 2.35. The van der Waals surface area contributed by atoms with Crippen molar-refractivity contribution in [2.75, 3.05) is 20.3 Å². The number of hydrogen-bond donors (Lipinski definition) is 2. The predicted molar refractivity (Wildman–Crippen MR) is 76.7 cm³/mol. The number of carbonyl (C=O) groups excluding carboxylic acids is 1. The summed E-state index contributed by atoms with van der Waals surface area (Å²) in [6.45, 7) is 0.853. The molecule has 1 aromatic carbocycles. The van der Waals surface area contributed by atoms with Gasteiger partial charge < -0.3 is 10.1 Å². The third kappa shape index (κ3) is 4.60. The Kier molecular flexibility index (Phi) is 6.22. The molecular weight excluding hydrogens is 327 g/mol. The standard InChI is InChI=1S/C11H14Cl2N2O4S/c1-19-4-2-3-15-11(16)8-5-7(12)6-9(10(8)13)20(14,17)18/h5-6H,2-4H2,1H3,(H,15,16)(H2,14,17,18). The zero-order chi connectivity index (χ0) is 15.3. The molecule has 0 atom stereocenters. The van der Waals surface area contributed by atoms with Crippen LogP contribution in [0.2, 0.25) is 10.0 Å². The van der Waals surface area contributed by atoms with Crippen molar-refractivity contribution in [3.05, 3.63) is 27.7 Å². The summed E-state index contributed by atoms with van der Waals surface area (Å²) in [5.74, 6) is -0.529. The molecule has 20 heavy (non-hydrogen) atoms. The molecule has 0 aliphatic heterocycles. The lowest BCUT2D eigenvalue weighted by Crippen LogP contribution is -2.26. The molecule has 0 fully saturated rings. The number of carbonyl (C=O) groups is 1. The monoisotopic (exact) mass is 340 g/mol. The largest absolute Gasteiger partial charge is 0.385 e. The van der Waals surface area contributed by atoms with Crippen molar-refractivity contribution in [1.82, 2.24) is 5.32 Å². The molecule has 1 amide bonds. The van der Waals surface area contributed by atoms with E-state index in [2.05, 4.69) is 5.32 Å². The Morgan fingerprint density at radius 3 is 2.60 bits per heavy atom. The fourth-order valence-corrected chi connectivity index (χ4v) is 2.90. The molecule has 0 saturated carbocycles. The van der Waals surface area contributed by atoms with Gasteiger partial charge in [-0.3, -0.25) is 4.79 Å². The molecule has 3 N–H and O–H groups in total. The summed E-state index contributed by atoms with van der Waals surface area (Å²) >= 11 is 11.7. The second-order valence-electron chi connectivity index (χ2n) is 3.91. The number of rotatable bonds is 6. The smallest absolute Gasteiger partial charge is 0.252 e. The van der Waals surface area contributed by atoms with Crippen LogP contribution < -0.4 is 10.5 Å². The van der Waals surface area contributed by atoms with E-state index in [1.807, 2.05) is 0 Å². The van der Waals surface area contributed by atoms with E-state index >= 15 is 0 Å². The Balaban J connectivity index is 3.01. The highest BCUT2D eigenvalue weighted by atomic mass is 35.5. The maximum Gasteiger partial charge on any atom is 0.252 e. The number of hydrogen-bond acceptors (Lipinski definition) is 4. The summed E-state index contributed by atoms with van der Waals surface area (Å²) in [6, 6.07) is 2.38. The summed E-state index contributed by atoms with van der Waals surface area (Å²) in [7, 11) is -2.51. The van der Waals surface area contributed by atoms with Gasteiger partial charge in [-0.05, 0) is 18.6 Å². The van der Waals surface area contributed by atoms with E-state index in [4.69, 9.17) is 33.1 Å². The first-order chi connectivity index (χ1) is 9.27. The highest BCUT2D eigenvalue weighted by Crippen LogP contribution is 2.28. The van der Waals surface area contributed by atoms with Gasteiger partial charge in [0.2, 0.25) is 10.0 Å². The van der Waals surface area contributed by atoms with Gasteiger partial charge in [0.25, 0.3) is 5.91 Å². The fraction of sp³-hybridized carbons (Fsp3) is 0.364. The number of methoxy groups -OCH3 is 1. The molecular formula is C11H14Cl2N2O4S. The molecule has 1 rings (SSSR count). The van der Waals surface area contributed by atoms with E-state index in [0.717, 1.165) is 6.07 Å². The van der Waals surface area contributed by atoms with Crippen LogP contribution in [0.1, 0.15) is 16.8 Å². The first kappa shape index (κ1) is 17.2. The minimum absolute atomic E-state index is 0.0411. The van der Waals surface area contributed by atoms with Gasteiger partial charge in [-0.2, -0.15) is 0 Å². The van der Waals surface area contributed by atoms with Gasteiger partial charge in [-0.1, -0.05) is 23.2 Å². The summed E-state index contributed by atoms with van der Waals surface area (Å²) in [5, 5.41) is 7.41.